The van der Waals surface area contributed by atoms with Crippen molar-refractivity contribution in [1.82, 2.24) is 4.98 Å². The lowest BCUT2D eigenvalue weighted by molar-refractivity contribution is -0.118. The van der Waals surface area contributed by atoms with Crippen LogP contribution in [0.1, 0.15) is 32.9 Å². The third kappa shape index (κ3) is 5.02. The Balaban J connectivity index is 0.00000256. The summed E-state index contributed by atoms with van der Waals surface area (Å²) in [6.45, 7) is 5.95. The molecule has 0 aliphatic heterocycles. The molecule has 3 N–H and O–H groups in total. The molecule has 0 radical (unpaired) electrons. The minimum absolute atomic E-state index is 0. The fourth-order valence-corrected chi connectivity index (χ4v) is 1.97. The van der Waals surface area contributed by atoms with Crippen molar-refractivity contribution in [1.29, 1.82) is 0 Å². The summed E-state index contributed by atoms with van der Waals surface area (Å²) in [5.74, 6) is -0.0255. The first-order valence-corrected chi connectivity index (χ1v) is 6.43. The molecule has 17 heavy (non-hydrogen) atoms. The van der Waals surface area contributed by atoms with Crippen LogP contribution in [-0.2, 0) is 11.2 Å². The Kier molecular flexibility index (Phi) is 7.34. The number of halogens is 1. The van der Waals surface area contributed by atoms with E-state index in [2.05, 4.69) is 17.2 Å². The Bertz CT molecular complexity index is 354. The number of amides is 1. The number of aryl methyl sites for hydroxylation is 1. The van der Waals surface area contributed by atoms with Crippen LogP contribution in [0, 0.1) is 5.92 Å². The van der Waals surface area contributed by atoms with Gasteiger partial charge in [0, 0.05) is 5.38 Å². The van der Waals surface area contributed by atoms with Crippen LogP contribution in [0.25, 0.3) is 0 Å². The van der Waals surface area contributed by atoms with Crippen LogP contribution in [0.5, 0.6) is 0 Å². The van der Waals surface area contributed by atoms with E-state index in [0.29, 0.717) is 5.13 Å². The van der Waals surface area contributed by atoms with Crippen LogP contribution in [-0.4, -0.2) is 16.9 Å². The monoisotopic (exact) mass is 277 g/mol. The third-order valence-corrected chi connectivity index (χ3v) is 3.12. The zero-order valence-electron chi connectivity index (χ0n) is 10.4. The Hall–Kier alpha value is -0.650. The van der Waals surface area contributed by atoms with Gasteiger partial charge in [0.15, 0.2) is 5.13 Å². The zero-order chi connectivity index (χ0) is 12.1. The first-order valence-electron chi connectivity index (χ1n) is 5.55. The van der Waals surface area contributed by atoms with Crippen LogP contribution >= 0.6 is 23.7 Å². The standard InChI is InChI=1S/C11H19N3OS.ClH/c1-4-5-8-6-16-11(13-8)14-10(15)9(12)7(2)3;/h6-7,9H,4-5,12H2,1-3H3,(H,13,14,15);1H/t9-;/m0./s1. The number of rotatable bonds is 5. The fraction of sp³-hybridized carbons (Fsp3) is 0.636. The van der Waals surface area contributed by atoms with Crippen LogP contribution in [0.2, 0.25) is 0 Å². The number of hydrogen-bond donors (Lipinski definition) is 2. The molecule has 0 bridgehead atoms. The van der Waals surface area contributed by atoms with Crippen molar-refractivity contribution in [3.63, 3.8) is 0 Å². The minimum Gasteiger partial charge on any atom is -0.320 e. The summed E-state index contributed by atoms with van der Waals surface area (Å²) in [4.78, 5) is 16.0. The third-order valence-electron chi connectivity index (χ3n) is 2.31. The zero-order valence-corrected chi connectivity index (χ0v) is 12.0. The van der Waals surface area contributed by atoms with Gasteiger partial charge in [0.05, 0.1) is 11.7 Å². The highest BCUT2D eigenvalue weighted by atomic mass is 35.5. The average Bonchev–Trinajstić information content (AvgIpc) is 2.65. The van der Waals surface area contributed by atoms with Gasteiger partial charge in [-0.15, -0.1) is 23.7 Å². The van der Waals surface area contributed by atoms with Gasteiger partial charge in [-0.3, -0.25) is 4.79 Å². The summed E-state index contributed by atoms with van der Waals surface area (Å²) < 4.78 is 0. The highest BCUT2D eigenvalue weighted by molar-refractivity contribution is 7.13. The number of carbonyl (C=O) groups excluding carboxylic acids is 1. The molecule has 0 fully saturated rings. The lowest BCUT2D eigenvalue weighted by Gasteiger charge is -2.13. The van der Waals surface area contributed by atoms with E-state index >= 15 is 0 Å². The number of nitrogens with zero attached hydrogens (tertiary/aromatic N) is 1. The number of nitrogens with two attached hydrogens (primary N) is 1. The van der Waals surface area contributed by atoms with Crippen molar-refractivity contribution >= 4 is 34.8 Å². The summed E-state index contributed by atoms with van der Waals surface area (Å²) in [6.07, 6.45) is 2.01. The van der Waals surface area contributed by atoms with E-state index in [1.54, 1.807) is 0 Å². The van der Waals surface area contributed by atoms with Gasteiger partial charge < -0.3 is 11.1 Å². The van der Waals surface area contributed by atoms with Crippen molar-refractivity contribution in [2.75, 3.05) is 5.32 Å². The average molecular weight is 278 g/mol. The van der Waals surface area contributed by atoms with E-state index in [4.69, 9.17) is 5.73 Å². The summed E-state index contributed by atoms with van der Waals surface area (Å²) in [7, 11) is 0. The molecule has 1 rings (SSSR count). The second kappa shape index (κ2) is 7.63. The molecule has 4 nitrogen and oxygen atoms in total. The molecule has 0 saturated carbocycles. The second-order valence-electron chi connectivity index (χ2n) is 4.15. The van der Waals surface area contributed by atoms with E-state index in [-0.39, 0.29) is 24.2 Å². The minimum atomic E-state index is -0.474. The van der Waals surface area contributed by atoms with Crippen molar-refractivity contribution in [3.05, 3.63) is 11.1 Å². The number of nitrogens with one attached hydrogen (secondary N) is 1. The maximum Gasteiger partial charge on any atom is 0.243 e. The summed E-state index contributed by atoms with van der Waals surface area (Å²) in [5.41, 5.74) is 6.77. The molecule has 0 aromatic carbocycles. The number of carbonyl (C=O) groups is 1. The number of hydrogen-bond acceptors (Lipinski definition) is 4. The first kappa shape index (κ1) is 16.4. The van der Waals surface area contributed by atoms with Crippen LogP contribution in [0.4, 0.5) is 5.13 Å². The molecule has 0 unspecified atom stereocenters. The van der Waals surface area contributed by atoms with Gasteiger partial charge in [0.2, 0.25) is 5.91 Å². The quantitative estimate of drug-likeness (QED) is 0.869. The molecule has 98 valence electrons. The van der Waals surface area contributed by atoms with Gasteiger partial charge in [-0.25, -0.2) is 4.98 Å². The molecular formula is C11H20ClN3OS. The van der Waals surface area contributed by atoms with Crippen LogP contribution in [0.15, 0.2) is 5.38 Å². The number of thiazole rings is 1. The molecule has 1 aromatic heterocycles. The SMILES string of the molecule is CCCc1csc(NC(=O)[C@@H](N)C(C)C)n1.Cl. The highest BCUT2D eigenvalue weighted by Crippen LogP contribution is 2.17. The fourth-order valence-electron chi connectivity index (χ4n) is 1.23. The maximum absolute atomic E-state index is 11.7. The molecule has 0 spiro atoms. The van der Waals surface area contributed by atoms with Crippen molar-refractivity contribution in [2.45, 2.75) is 39.7 Å². The smallest absolute Gasteiger partial charge is 0.243 e. The largest absolute Gasteiger partial charge is 0.320 e. The van der Waals surface area contributed by atoms with E-state index in [1.165, 1.54) is 11.3 Å². The lowest BCUT2D eigenvalue weighted by Crippen LogP contribution is -2.39. The van der Waals surface area contributed by atoms with Gasteiger partial charge >= 0.3 is 0 Å². The van der Waals surface area contributed by atoms with Crippen LogP contribution in [0.3, 0.4) is 0 Å². The van der Waals surface area contributed by atoms with Gasteiger partial charge in [-0.2, -0.15) is 0 Å². The van der Waals surface area contributed by atoms with Crippen molar-refractivity contribution in [2.24, 2.45) is 11.7 Å². The lowest BCUT2D eigenvalue weighted by atomic mass is 10.1. The predicted molar refractivity (Wildman–Crippen MR) is 74.8 cm³/mol. The van der Waals surface area contributed by atoms with Crippen molar-refractivity contribution in [3.8, 4) is 0 Å². The first-order chi connectivity index (χ1) is 7.54. The molecule has 1 atom stereocenters. The highest BCUT2D eigenvalue weighted by Gasteiger charge is 2.18. The molecule has 6 heteroatoms. The topological polar surface area (TPSA) is 68.0 Å². The van der Waals surface area contributed by atoms with E-state index in [0.717, 1.165) is 18.5 Å². The van der Waals surface area contributed by atoms with Gasteiger partial charge in [0.1, 0.15) is 0 Å². The Morgan fingerprint density at radius 2 is 2.24 bits per heavy atom. The Morgan fingerprint density at radius 1 is 1.59 bits per heavy atom. The number of anilines is 1. The molecule has 1 amide bonds. The van der Waals surface area contributed by atoms with Crippen LogP contribution < -0.4 is 11.1 Å². The van der Waals surface area contributed by atoms with E-state index in [9.17, 15) is 4.79 Å². The molecule has 0 aliphatic rings. The Morgan fingerprint density at radius 3 is 2.76 bits per heavy atom. The maximum atomic E-state index is 11.7. The molecule has 1 aromatic rings. The summed E-state index contributed by atoms with van der Waals surface area (Å²) >= 11 is 1.45. The second-order valence-corrected chi connectivity index (χ2v) is 5.01. The van der Waals surface area contributed by atoms with Gasteiger partial charge in [0.25, 0.3) is 0 Å². The summed E-state index contributed by atoms with van der Waals surface area (Å²) in [6, 6.07) is -0.474. The van der Waals surface area contributed by atoms with E-state index < -0.39 is 6.04 Å². The predicted octanol–water partition coefficient (Wildman–Crippen LogP) is 2.44. The Labute approximate surface area is 112 Å². The van der Waals surface area contributed by atoms with Crippen molar-refractivity contribution < 1.29 is 4.79 Å². The van der Waals surface area contributed by atoms with Gasteiger partial charge in [-0.05, 0) is 12.3 Å². The molecule has 0 aliphatic carbocycles. The molecular weight excluding hydrogens is 258 g/mol. The van der Waals surface area contributed by atoms with E-state index in [1.807, 2.05) is 19.2 Å². The van der Waals surface area contributed by atoms with Gasteiger partial charge in [-0.1, -0.05) is 27.2 Å². The normalized spacial score (nSPS) is 12.1. The summed E-state index contributed by atoms with van der Waals surface area (Å²) in [5, 5.41) is 5.36. The molecule has 0 saturated heterocycles. The number of aromatic nitrogens is 1. The molecule has 1 heterocycles.